The van der Waals surface area contributed by atoms with Crippen molar-refractivity contribution >= 4 is 40.1 Å². The number of benzene rings is 2. The average Bonchev–Trinajstić information content (AvgIpc) is 2.90. The highest BCUT2D eigenvalue weighted by molar-refractivity contribution is 6.42. The molecule has 0 bridgehead atoms. The first kappa shape index (κ1) is 14.0. The topological polar surface area (TPSA) is 42.1 Å². The number of carbonyl (C=O) groups excluding carboxylic acids is 1. The lowest BCUT2D eigenvalue weighted by molar-refractivity contribution is 0.0601. The van der Waals surface area contributed by atoms with Gasteiger partial charge in [0.1, 0.15) is 0 Å². The molecule has 0 radical (unpaired) electrons. The Morgan fingerprint density at radius 1 is 1.05 bits per heavy atom. The van der Waals surface area contributed by atoms with Crippen LogP contribution in [0.4, 0.5) is 0 Å². The maximum atomic E-state index is 11.4. The molecule has 1 N–H and O–H groups in total. The largest absolute Gasteiger partial charge is 0.465 e. The van der Waals surface area contributed by atoms with Crippen molar-refractivity contribution in [3.63, 3.8) is 0 Å². The second kappa shape index (κ2) is 5.43. The van der Waals surface area contributed by atoms with E-state index in [1.54, 1.807) is 18.2 Å². The van der Waals surface area contributed by atoms with Gasteiger partial charge in [-0.2, -0.15) is 0 Å². The third kappa shape index (κ3) is 2.62. The third-order valence-corrected chi connectivity index (χ3v) is 4.00. The van der Waals surface area contributed by atoms with E-state index in [9.17, 15) is 4.79 Å². The fourth-order valence-corrected chi connectivity index (χ4v) is 2.52. The maximum absolute atomic E-state index is 11.4. The summed E-state index contributed by atoms with van der Waals surface area (Å²) in [5.41, 5.74) is 3.32. The first-order valence-corrected chi connectivity index (χ1v) is 7.00. The number of esters is 1. The van der Waals surface area contributed by atoms with E-state index >= 15 is 0 Å². The third-order valence-electron chi connectivity index (χ3n) is 3.28. The molecule has 0 saturated heterocycles. The molecule has 3 rings (SSSR count). The van der Waals surface area contributed by atoms with Gasteiger partial charge in [-0.3, -0.25) is 0 Å². The number of fused-ring (bicyclic) bond motifs is 1. The molecule has 0 spiro atoms. The van der Waals surface area contributed by atoms with Gasteiger partial charge in [-0.15, -0.1) is 0 Å². The monoisotopic (exact) mass is 319 g/mol. The van der Waals surface area contributed by atoms with Crippen molar-refractivity contribution in [1.82, 2.24) is 4.98 Å². The zero-order chi connectivity index (χ0) is 15.0. The van der Waals surface area contributed by atoms with Gasteiger partial charge in [-0.05, 0) is 35.9 Å². The van der Waals surface area contributed by atoms with Gasteiger partial charge in [-0.25, -0.2) is 4.79 Å². The fraction of sp³-hybridized carbons (Fsp3) is 0.0625. The van der Waals surface area contributed by atoms with Gasteiger partial charge in [0.15, 0.2) is 0 Å². The molecular formula is C16H11Cl2NO2. The molecule has 2 aromatic carbocycles. The highest BCUT2D eigenvalue weighted by Crippen LogP contribution is 2.31. The molecule has 0 unspecified atom stereocenters. The van der Waals surface area contributed by atoms with E-state index < -0.39 is 0 Å². The number of hydrogen-bond acceptors (Lipinski definition) is 2. The molecule has 0 fully saturated rings. The number of methoxy groups -OCH3 is 1. The Morgan fingerprint density at radius 2 is 1.71 bits per heavy atom. The molecule has 5 heteroatoms. The van der Waals surface area contributed by atoms with Crippen molar-refractivity contribution in [2.45, 2.75) is 0 Å². The van der Waals surface area contributed by atoms with E-state index in [-0.39, 0.29) is 5.97 Å². The molecule has 21 heavy (non-hydrogen) atoms. The van der Waals surface area contributed by atoms with Crippen molar-refractivity contribution < 1.29 is 9.53 Å². The van der Waals surface area contributed by atoms with Crippen LogP contribution in [-0.2, 0) is 4.74 Å². The van der Waals surface area contributed by atoms with Crippen LogP contribution in [0.25, 0.3) is 22.2 Å². The number of halogens is 2. The molecule has 3 nitrogen and oxygen atoms in total. The molecule has 106 valence electrons. The molecule has 0 aliphatic rings. The highest BCUT2D eigenvalue weighted by Gasteiger charge is 2.08. The minimum atomic E-state index is -0.350. The number of H-pyrrole nitrogens is 1. The summed E-state index contributed by atoms with van der Waals surface area (Å²) in [5.74, 6) is -0.350. The molecule has 0 amide bonds. The normalized spacial score (nSPS) is 10.8. The number of aromatic amines is 1. The fourth-order valence-electron chi connectivity index (χ4n) is 2.19. The molecule has 0 aliphatic carbocycles. The Hall–Kier alpha value is -1.97. The minimum Gasteiger partial charge on any atom is -0.465 e. The summed E-state index contributed by atoms with van der Waals surface area (Å²) in [6, 6.07) is 12.8. The molecular weight excluding hydrogens is 309 g/mol. The smallest absolute Gasteiger partial charge is 0.337 e. The Balaban J connectivity index is 2.02. The van der Waals surface area contributed by atoms with Crippen LogP contribution in [0.15, 0.2) is 42.5 Å². The number of aromatic nitrogens is 1. The van der Waals surface area contributed by atoms with Gasteiger partial charge in [0.25, 0.3) is 0 Å². The summed E-state index contributed by atoms with van der Waals surface area (Å²) in [4.78, 5) is 14.7. The van der Waals surface area contributed by atoms with Crippen molar-refractivity contribution in [2.75, 3.05) is 7.11 Å². The predicted molar refractivity (Wildman–Crippen MR) is 85.1 cm³/mol. The lowest BCUT2D eigenvalue weighted by Crippen LogP contribution is -2.00. The molecule has 1 aromatic heterocycles. The Bertz CT molecular complexity index is 783. The summed E-state index contributed by atoms with van der Waals surface area (Å²) >= 11 is 12.0. The molecule has 0 atom stereocenters. The summed E-state index contributed by atoms with van der Waals surface area (Å²) in [7, 11) is 1.36. The van der Waals surface area contributed by atoms with Crippen LogP contribution in [0.3, 0.4) is 0 Å². The maximum Gasteiger partial charge on any atom is 0.337 e. The van der Waals surface area contributed by atoms with Crippen LogP contribution in [0, 0.1) is 0 Å². The van der Waals surface area contributed by atoms with Crippen LogP contribution in [0.5, 0.6) is 0 Å². The van der Waals surface area contributed by atoms with Crippen LogP contribution >= 0.6 is 23.2 Å². The molecule has 0 saturated carbocycles. The summed E-state index contributed by atoms with van der Waals surface area (Å²) in [6.45, 7) is 0. The first-order valence-electron chi connectivity index (χ1n) is 6.25. The Kier molecular flexibility index (Phi) is 3.62. The number of rotatable bonds is 2. The van der Waals surface area contributed by atoms with Gasteiger partial charge >= 0.3 is 5.97 Å². The zero-order valence-corrected chi connectivity index (χ0v) is 12.6. The minimum absolute atomic E-state index is 0.350. The number of carbonyl (C=O) groups is 1. The van der Waals surface area contributed by atoms with E-state index in [4.69, 9.17) is 23.2 Å². The number of hydrogen-bond donors (Lipinski definition) is 1. The second-order valence-electron chi connectivity index (χ2n) is 4.61. The van der Waals surface area contributed by atoms with E-state index in [2.05, 4.69) is 9.72 Å². The first-order chi connectivity index (χ1) is 10.1. The van der Waals surface area contributed by atoms with Gasteiger partial charge in [0.05, 0.1) is 22.7 Å². The van der Waals surface area contributed by atoms with Crippen LogP contribution in [0.1, 0.15) is 10.4 Å². The van der Waals surface area contributed by atoms with Crippen molar-refractivity contribution in [3.8, 4) is 11.3 Å². The van der Waals surface area contributed by atoms with Gasteiger partial charge in [-0.1, -0.05) is 35.3 Å². The molecule has 3 aromatic rings. The predicted octanol–water partition coefficient (Wildman–Crippen LogP) is 4.93. The van der Waals surface area contributed by atoms with Crippen LogP contribution in [0.2, 0.25) is 10.0 Å². The average molecular weight is 320 g/mol. The van der Waals surface area contributed by atoms with Crippen molar-refractivity contribution in [2.24, 2.45) is 0 Å². The lowest BCUT2D eigenvalue weighted by Gasteiger charge is -2.01. The summed E-state index contributed by atoms with van der Waals surface area (Å²) in [6.07, 6.45) is 0. The Morgan fingerprint density at radius 3 is 2.38 bits per heavy atom. The number of nitrogens with one attached hydrogen (secondary N) is 1. The Labute approximate surface area is 131 Å². The van der Waals surface area contributed by atoms with Crippen molar-refractivity contribution in [3.05, 3.63) is 58.1 Å². The highest BCUT2D eigenvalue weighted by atomic mass is 35.5. The lowest BCUT2D eigenvalue weighted by atomic mass is 10.1. The zero-order valence-electron chi connectivity index (χ0n) is 11.1. The summed E-state index contributed by atoms with van der Waals surface area (Å²) in [5, 5.41) is 2.02. The van der Waals surface area contributed by atoms with Gasteiger partial charge in [0.2, 0.25) is 0 Å². The van der Waals surface area contributed by atoms with E-state index in [0.29, 0.717) is 15.6 Å². The molecule has 1 heterocycles. The van der Waals surface area contributed by atoms with E-state index in [1.807, 2.05) is 24.3 Å². The van der Waals surface area contributed by atoms with Crippen LogP contribution in [-0.4, -0.2) is 18.1 Å². The van der Waals surface area contributed by atoms with Gasteiger partial charge < -0.3 is 9.72 Å². The molecule has 0 aliphatic heterocycles. The van der Waals surface area contributed by atoms with Gasteiger partial charge in [0, 0.05) is 16.6 Å². The summed E-state index contributed by atoms with van der Waals surface area (Å²) < 4.78 is 4.68. The van der Waals surface area contributed by atoms with Crippen molar-refractivity contribution in [1.29, 1.82) is 0 Å². The SMILES string of the molecule is COC(=O)c1ccc(-c2cc3cc(Cl)c(Cl)cc3[nH]2)cc1. The quantitative estimate of drug-likeness (QED) is 0.680. The number of ether oxygens (including phenoxy) is 1. The van der Waals surface area contributed by atoms with E-state index in [0.717, 1.165) is 22.2 Å². The van der Waals surface area contributed by atoms with Crippen LogP contribution < -0.4 is 0 Å². The second-order valence-corrected chi connectivity index (χ2v) is 5.42. The standard InChI is InChI=1S/C16H11Cl2NO2/c1-21-16(20)10-4-2-9(3-5-10)14-7-11-6-12(17)13(18)8-15(11)19-14/h2-8,19H,1H3. The van der Waals surface area contributed by atoms with E-state index in [1.165, 1.54) is 7.11 Å².